The fourth-order valence-corrected chi connectivity index (χ4v) is 3.60. The number of rotatable bonds is 4. The monoisotopic (exact) mass is 349 g/mol. The van der Waals surface area contributed by atoms with Crippen molar-refractivity contribution in [1.29, 1.82) is 0 Å². The third-order valence-electron chi connectivity index (χ3n) is 5.04. The minimum absolute atomic E-state index is 0.132. The topological polar surface area (TPSA) is 67.1 Å². The first kappa shape index (κ1) is 16.7. The van der Waals surface area contributed by atoms with Crippen LogP contribution < -0.4 is 4.90 Å². The molecule has 0 radical (unpaired) electrons. The molecule has 1 aromatic carbocycles. The van der Waals surface area contributed by atoms with E-state index in [2.05, 4.69) is 14.9 Å². The van der Waals surface area contributed by atoms with Crippen molar-refractivity contribution in [1.82, 2.24) is 19.5 Å². The van der Waals surface area contributed by atoms with E-state index in [1.54, 1.807) is 12.4 Å². The zero-order valence-corrected chi connectivity index (χ0v) is 14.9. The molecular formula is C20H23N5O. The van der Waals surface area contributed by atoms with Crippen LogP contribution in [-0.2, 0) is 7.05 Å². The van der Waals surface area contributed by atoms with E-state index in [1.807, 2.05) is 54.3 Å². The molecule has 3 aromatic rings. The summed E-state index contributed by atoms with van der Waals surface area (Å²) in [6.45, 7) is 1.68. The van der Waals surface area contributed by atoms with E-state index < -0.39 is 6.10 Å². The minimum atomic E-state index is -0.567. The standard InChI is InChI=1S/C20H23N5O/c1-24-11-9-22-20(24)19(26)16-8-5-10-25(14-16)18-13-21-12-17(23-18)15-6-3-2-4-7-15/h2-4,6-7,9,11-13,16,19,26H,5,8,10,14H2,1H3. The van der Waals surface area contributed by atoms with E-state index in [1.165, 1.54) is 0 Å². The molecule has 26 heavy (non-hydrogen) atoms. The van der Waals surface area contributed by atoms with Crippen LogP contribution in [0, 0.1) is 5.92 Å². The average molecular weight is 349 g/mol. The molecule has 3 heterocycles. The quantitative estimate of drug-likeness (QED) is 0.784. The summed E-state index contributed by atoms with van der Waals surface area (Å²) in [4.78, 5) is 15.7. The molecule has 2 atom stereocenters. The third kappa shape index (κ3) is 3.32. The highest BCUT2D eigenvalue weighted by Gasteiger charge is 2.29. The van der Waals surface area contributed by atoms with Crippen LogP contribution in [0.4, 0.5) is 5.82 Å². The number of aliphatic hydroxyl groups excluding tert-OH is 1. The van der Waals surface area contributed by atoms with E-state index in [0.29, 0.717) is 0 Å². The first-order chi connectivity index (χ1) is 12.7. The van der Waals surface area contributed by atoms with Crippen molar-refractivity contribution >= 4 is 5.82 Å². The zero-order valence-electron chi connectivity index (χ0n) is 14.9. The predicted molar refractivity (Wildman–Crippen MR) is 101 cm³/mol. The molecule has 1 N–H and O–H groups in total. The average Bonchev–Trinajstić information content (AvgIpc) is 3.14. The van der Waals surface area contributed by atoms with Gasteiger partial charge in [-0.05, 0) is 12.8 Å². The van der Waals surface area contributed by atoms with Crippen molar-refractivity contribution in [2.24, 2.45) is 13.0 Å². The second-order valence-electron chi connectivity index (χ2n) is 6.82. The molecule has 0 spiro atoms. The van der Waals surface area contributed by atoms with Crippen molar-refractivity contribution in [3.05, 3.63) is 60.9 Å². The zero-order chi connectivity index (χ0) is 17.9. The summed E-state index contributed by atoms with van der Waals surface area (Å²) in [5.41, 5.74) is 1.93. The Kier molecular flexibility index (Phi) is 4.67. The Balaban J connectivity index is 1.54. The van der Waals surface area contributed by atoms with Crippen molar-refractivity contribution in [2.45, 2.75) is 18.9 Å². The van der Waals surface area contributed by atoms with Gasteiger partial charge in [-0.25, -0.2) is 9.97 Å². The Labute approximate surface area is 153 Å². The Bertz CT molecular complexity index is 863. The van der Waals surface area contributed by atoms with Gasteiger partial charge in [-0.1, -0.05) is 30.3 Å². The highest BCUT2D eigenvalue weighted by Crippen LogP contribution is 2.31. The van der Waals surface area contributed by atoms with Crippen LogP contribution in [-0.4, -0.2) is 37.7 Å². The van der Waals surface area contributed by atoms with Crippen LogP contribution in [0.15, 0.2) is 55.1 Å². The number of hydrogen-bond donors (Lipinski definition) is 1. The van der Waals surface area contributed by atoms with Crippen molar-refractivity contribution in [3.63, 3.8) is 0 Å². The molecule has 6 heteroatoms. The van der Waals surface area contributed by atoms with E-state index in [-0.39, 0.29) is 5.92 Å². The molecule has 0 bridgehead atoms. The van der Waals surface area contributed by atoms with E-state index >= 15 is 0 Å². The first-order valence-electron chi connectivity index (χ1n) is 9.00. The van der Waals surface area contributed by atoms with E-state index in [9.17, 15) is 5.11 Å². The summed E-state index contributed by atoms with van der Waals surface area (Å²) < 4.78 is 1.89. The third-order valence-corrected chi connectivity index (χ3v) is 5.04. The van der Waals surface area contributed by atoms with Crippen molar-refractivity contribution < 1.29 is 5.11 Å². The fraction of sp³-hybridized carbons (Fsp3) is 0.350. The number of imidazole rings is 1. The van der Waals surface area contributed by atoms with Gasteiger partial charge in [-0.2, -0.15) is 0 Å². The predicted octanol–water partition coefficient (Wildman–Crippen LogP) is 2.83. The Morgan fingerprint density at radius 2 is 2.04 bits per heavy atom. The lowest BCUT2D eigenvalue weighted by atomic mass is 9.92. The highest BCUT2D eigenvalue weighted by molar-refractivity contribution is 5.59. The van der Waals surface area contributed by atoms with Gasteiger partial charge < -0.3 is 14.6 Å². The Morgan fingerprint density at radius 3 is 2.81 bits per heavy atom. The molecule has 4 rings (SSSR count). The molecule has 1 aliphatic rings. The summed E-state index contributed by atoms with van der Waals surface area (Å²) >= 11 is 0. The van der Waals surface area contributed by atoms with Gasteiger partial charge in [0.05, 0.1) is 18.1 Å². The SMILES string of the molecule is Cn1ccnc1C(O)C1CCCN(c2cncc(-c3ccccc3)n2)C1. The normalized spacial score (nSPS) is 18.7. The molecule has 1 fully saturated rings. The summed E-state index contributed by atoms with van der Waals surface area (Å²) in [6, 6.07) is 10.1. The first-order valence-corrected chi connectivity index (χ1v) is 9.00. The molecule has 134 valence electrons. The molecule has 0 amide bonds. The Morgan fingerprint density at radius 1 is 1.19 bits per heavy atom. The number of aliphatic hydroxyl groups is 1. The lowest BCUT2D eigenvalue weighted by Gasteiger charge is -2.35. The summed E-state index contributed by atoms with van der Waals surface area (Å²) in [6.07, 6.45) is 8.63. The van der Waals surface area contributed by atoms with Gasteiger partial charge in [0.15, 0.2) is 0 Å². The maximum atomic E-state index is 10.8. The molecule has 0 aliphatic carbocycles. The molecule has 1 aliphatic heterocycles. The molecule has 6 nitrogen and oxygen atoms in total. The van der Waals surface area contributed by atoms with Crippen LogP contribution in [0.25, 0.3) is 11.3 Å². The lowest BCUT2D eigenvalue weighted by molar-refractivity contribution is 0.0873. The number of piperidine rings is 1. The fourth-order valence-electron chi connectivity index (χ4n) is 3.60. The molecular weight excluding hydrogens is 326 g/mol. The van der Waals surface area contributed by atoms with Crippen molar-refractivity contribution in [3.8, 4) is 11.3 Å². The minimum Gasteiger partial charge on any atom is -0.385 e. The molecule has 2 unspecified atom stereocenters. The van der Waals surface area contributed by atoms with Crippen molar-refractivity contribution in [2.75, 3.05) is 18.0 Å². The van der Waals surface area contributed by atoms with Crippen LogP contribution in [0.2, 0.25) is 0 Å². The summed E-state index contributed by atoms with van der Waals surface area (Å²) in [5, 5.41) is 10.8. The maximum absolute atomic E-state index is 10.8. The summed E-state index contributed by atoms with van der Waals surface area (Å²) in [7, 11) is 1.92. The van der Waals surface area contributed by atoms with Gasteiger partial charge >= 0.3 is 0 Å². The Hall–Kier alpha value is -2.73. The van der Waals surface area contributed by atoms with Gasteiger partial charge in [-0.3, -0.25) is 4.98 Å². The number of nitrogens with zero attached hydrogens (tertiary/aromatic N) is 5. The molecule has 1 saturated heterocycles. The lowest BCUT2D eigenvalue weighted by Crippen LogP contribution is -2.39. The second-order valence-corrected chi connectivity index (χ2v) is 6.82. The smallest absolute Gasteiger partial charge is 0.147 e. The number of aromatic nitrogens is 4. The number of benzene rings is 1. The van der Waals surface area contributed by atoms with Crippen LogP contribution in [0.3, 0.4) is 0 Å². The highest BCUT2D eigenvalue weighted by atomic mass is 16.3. The van der Waals surface area contributed by atoms with Gasteiger partial charge in [0.1, 0.15) is 17.7 Å². The van der Waals surface area contributed by atoms with Crippen LogP contribution in [0.1, 0.15) is 24.8 Å². The van der Waals surface area contributed by atoms with Gasteiger partial charge in [-0.15, -0.1) is 0 Å². The second kappa shape index (κ2) is 7.25. The number of anilines is 1. The summed E-state index contributed by atoms with van der Waals surface area (Å²) in [5.74, 6) is 1.72. The van der Waals surface area contributed by atoms with Crippen LogP contribution in [0.5, 0.6) is 0 Å². The number of aryl methyl sites for hydroxylation is 1. The van der Waals surface area contributed by atoms with E-state index in [0.717, 1.165) is 48.8 Å². The van der Waals surface area contributed by atoms with Gasteiger partial charge in [0.25, 0.3) is 0 Å². The van der Waals surface area contributed by atoms with Gasteiger partial charge in [0.2, 0.25) is 0 Å². The number of hydrogen-bond acceptors (Lipinski definition) is 5. The molecule has 2 aromatic heterocycles. The van der Waals surface area contributed by atoms with Crippen LogP contribution >= 0.6 is 0 Å². The largest absolute Gasteiger partial charge is 0.385 e. The maximum Gasteiger partial charge on any atom is 0.147 e. The van der Waals surface area contributed by atoms with Gasteiger partial charge in [0, 0.05) is 44.0 Å². The molecule has 0 saturated carbocycles. The van der Waals surface area contributed by atoms with E-state index in [4.69, 9.17) is 4.98 Å².